The Hall–Kier alpha value is -1.67. The van der Waals surface area contributed by atoms with E-state index < -0.39 is 0 Å². The van der Waals surface area contributed by atoms with Crippen molar-refractivity contribution in [1.29, 1.82) is 0 Å². The number of anilines is 1. The number of rotatable bonds is 3. The molecule has 0 saturated carbocycles. The topological polar surface area (TPSA) is 35.2 Å². The highest BCUT2D eigenvalue weighted by Gasteiger charge is 2.01. The lowest BCUT2D eigenvalue weighted by atomic mass is 10.2. The minimum atomic E-state index is 0.491. The summed E-state index contributed by atoms with van der Waals surface area (Å²) in [6.07, 6.45) is 0. The van der Waals surface area contributed by atoms with Gasteiger partial charge in [0.15, 0.2) is 0 Å². The first-order valence-corrected chi connectivity index (χ1v) is 5.76. The summed E-state index contributed by atoms with van der Waals surface area (Å²) < 4.78 is 5.65. The Kier molecular flexibility index (Phi) is 3.55. The van der Waals surface area contributed by atoms with Crippen LogP contribution in [0.25, 0.3) is 0 Å². The number of ether oxygens (including phenoxy) is 1. The highest BCUT2D eigenvalue weighted by Crippen LogP contribution is 2.23. The predicted molar refractivity (Wildman–Crippen MR) is 71.4 cm³/mol. The summed E-state index contributed by atoms with van der Waals surface area (Å²) in [5, 5.41) is 0.726. The maximum atomic E-state index is 5.86. The van der Waals surface area contributed by atoms with Crippen LogP contribution in [0.1, 0.15) is 11.1 Å². The van der Waals surface area contributed by atoms with Gasteiger partial charge in [-0.2, -0.15) is 0 Å². The number of hydrogen-bond acceptors (Lipinski definition) is 2. The average Bonchev–Trinajstić information content (AvgIpc) is 2.30. The molecule has 0 bridgehead atoms. The van der Waals surface area contributed by atoms with Gasteiger partial charge in [0.2, 0.25) is 0 Å². The normalized spacial score (nSPS) is 10.2. The van der Waals surface area contributed by atoms with Gasteiger partial charge >= 0.3 is 0 Å². The second-order valence-corrected chi connectivity index (χ2v) is 4.39. The van der Waals surface area contributed by atoms with Crippen LogP contribution in [0, 0.1) is 6.92 Å². The molecule has 88 valence electrons. The van der Waals surface area contributed by atoms with E-state index in [4.69, 9.17) is 22.1 Å². The fraction of sp³-hybridized carbons (Fsp3) is 0.143. The molecule has 0 heterocycles. The Labute approximate surface area is 106 Å². The first kappa shape index (κ1) is 11.8. The van der Waals surface area contributed by atoms with Crippen LogP contribution < -0.4 is 10.5 Å². The van der Waals surface area contributed by atoms with Gasteiger partial charge in [0.1, 0.15) is 12.4 Å². The zero-order chi connectivity index (χ0) is 12.3. The van der Waals surface area contributed by atoms with Crippen molar-refractivity contribution < 1.29 is 4.74 Å². The molecule has 0 fully saturated rings. The summed E-state index contributed by atoms with van der Waals surface area (Å²) in [5.41, 5.74) is 8.72. The zero-order valence-corrected chi connectivity index (χ0v) is 10.4. The first-order chi connectivity index (χ1) is 8.15. The van der Waals surface area contributed by atoms with Crippen molar-refractivity contribution in [2.24, 2.45) is 0 Å². The van der Waals surface area contributed by atoms with Crippen molar-refractivity contribution >= 4 is 17.3 Å². The number of hydrogen-bond donors (Lipinski definition) is 1. The summed E-state index contributed by atoms with van der Waals surface area (Å²) in [6, 6.07) is 13.3. The van der Waals surface area contributed by atoms with Crippen molar-refractivity contribution in [1.82, 2.24) is 0 Å². The van der Waals surface area contributed by atoms with Gasteiger partial charge in [-0.15, -0.1) is 0 Å². The number of benzene rings is 2. The van der Waals surface area contributed by atoms with Crippen LogP contribution in [-0.4, -0.2) is 0 Å². The Morgan fingerprint density at radius 3 is 2.47 bits per heavy atom. The maximum absolute atomic E-state index is 5.86. The predicted octanol–water partition coefficient (Wildman–Crippen LogP) is 3.81. The van der Waals surface area contributed by atoms with Crippen molar-refractivity contribution in [3.63, 3.8) is 0 Å². The molecule has 2 aromatic carbocycles. The number of aryl methyl sites for hydroxylation is 1. The molecule has 0 atom stereocenters. The second-order valence-electron chi connectivity index (χ2n) is 3.96. The van der Waals surface area contributed by atoms with Gasteiger partial charge in [-0.05, 0) is 42.3 Å². The third-order valence-corrected chi connectivity index (χ3v) is 2.72. The van der Waals surface area contributed by atoms with Crippen LogP contribution in [0.15, 0.2) is 42.5 Å². The fourth-order valence-corrected chi connectivity index (χ4v) is 1.67. The van der Waals surface area contributed by atoms with Crippen LogP contribution >= 0.6 is 11.6 Å². The van der Waals surface area contributed by atoms with E-state index in [0.29, 0.717) is 18.0 Å². The van der Waals surface area contributed by atoms with Crippen LogP contribution in [0.5, 0.6) is 5.75 Å². The minimum absolute atomic E-state index is 0.491. The van der Waals surface area contributed by atoms with Gasteiger partial charge in [0.25, 0.3) is 0 Å². The van der Waals surface area contributed by atoms with Gasteiger partial charge in [0.05, 0.1) is 5.69 Å². The van der Waals surface area contributed by atoms with Crippen molar-refractivity contribution in [3.8, 4) is 5.75 Å². The standard InChI is InChI=1S/C14H14ClNO/c1-10-2-7-14(13(16)8-10)17-9-11-3-5-12(15)6-4-11/h2-8H,9,16H2,1H3. The molecule has 2 aromatic rings. The molecule has 0 aromatic heterocycles. The summed E-state index contributed by atoms with van der Waals surface area (Å²) in [6.45, 7) is 2.49. The molecule has 2 N–H and O–H groups in total. The number of halogens is 1. The molecule has 0 aliphatic heterocycles. The van der Waals surface area contributed by atoms with Crippen molar-refractivity contribution in [2.75, 3.05) is 5.73 Å². The van der Waals surface area contributed by atoms with Gasteiger partial charge in [-0.3, -0.25) is 0 Å². The Balaban J connectivity index is 2.04. The highest BCUT2D eigenvalue weighted by atomic mass is 35.5. The molecule has 0 unspecified atom stereocenters. The van der Waals surface area contributed by atoms with Crippen molar-refractivity contribution in [3.05, 3.63) is 58.6 Å². The van der Waals surface area contributed by atoms with Crippen LogP contribution in [0.3, 0.4) is 0 Å². The van der Waals surface area contributed by atoms with Crippen LogP contribution in [0.4, 0.5) is 5.69 Å². The quantitative estimate of drug-likeness (QED) is 0.837. The monoisotopic (exact) mass is 247 g/mol. The first-order valence-electron chi connectivity index (χ1n) is 5.38. The molecule has 2 nitrogen and oxygen atoms in total. The lowest BCUT2D eigenvalue weighted by Gasteiger charge is -2.09. The Morgan fingerprint density at radius 1 is 1.12 bits per heavy atom. The van der Waals surface area contributed by atoms with Gasteiger partial charge in [0, 0.05) is 5.02 Å². The minimum Gasteiger partial charge on any atom is -0.487 e. The SMILES string of the molecule is Cc1ccc(OCc2ccc(Cl)cc2)c(N)c1. The Bertz CT molecular complexity index is 508. The van der Waals surface area contributed by atoms with E-state index in [2.05, 4.69) is 0 Å². The lowest BCUT2D eigenvalue weighted by molar-refractivity contribution is 0.308. The number of nitrogens with two attached hydrogens (primary N) is 1. The highest BCUT2D eigenvalue weighted by molar-refractivity contribution is 6.30. The van der Waals surface area contributed by atoms with E-state index >= 15 is 0 Å². The molecular formula is C14H14ClNO. The summed E-state index contributed by atoms with van der Waals surface area (Å²) in [5.74, 6) is 0.713. The molecule has 0 radical (unpaired) electrons. The molecule has 0 aliphatic carbocycles. The largest absolute Gasteiger partial charge is 0.487 e. The van der Waals surface area contributed by atoms with E-state index in [1.807, 2.05) is 49.4 Å². The molecule has 0 aliphatic rings. The smallest absolute Gasteiger partial charge is 0.142 e. The zero-order valence-electron chi connectivity index (χ0n) is 9.61. The molecule has 3 heteroatoms. The molecule has 0 spiro atoms. The average molecular weight is 248 g/mol. The summed E-state index contributed by atoms with van der Waals surface area (Å²) in [7, 11) is 0. The van der Waals surface area contributed by atoms with Gasteiger partial charge in [-0.25, -0.2) is 0 Å². The maximum Gasteiger partial charge on any atom is 0.142 e. The lowest BCUT2D eigenvalue weighted by Crippen LogP contribution is -1.98. The third-order valence-electron chi connectivity index (χ3n) is 2.47. The third kappa shape index (κ3) is 3.14. The molecule has 2 rings (SSSR count). The van der Waals surface area contributed by atoms with E-state index in [1.54, 1.807) is 0 Å². The molecule has 17 heavy (non-hydrogen) atoms. The van der Waals surface area contributed by atoms with Crippen molar-refractivity contribution in [2.45, 2.75) is 13.5 Å². The van der Waals surface area contributed by atoms with E-state index in [9.17, 15) is 0 Å². The summed E-state index contributed by atoms with van der Waals surface area (Å²) in [4.78, 5) is 0. The van der Waals surface area contributed by atoms with E-state index in [-0.39, 0.29) is 0 Å². The molecular weight excluding hydrogens is 234 g/mol. The second kappa shape index (κ2) is 5.11. The van der Waals surface area contributed by atoms with Gasteiger partial charge in [-0.1, -0.05) is 29.8 Å². The van der Waals surface area contributed by atoms with E-state index in [1.165, 1.54) is 0 Å². The van der Waals surface area contributed by atoms with E-state index in [0.717, 1.165) is 16.1 Å². The summed E-state index contributed by atoms with van der Waals surface area (Å²) >= 11 is 5.81. The molecule has 0 amide bonds. The van der Waals surface area contributed by atoms with Gasteiger partial charge < -0.3 is 10.5 Å². The number of nitrogen functional groups attached to an aromatic ring is 1. The van der Waals surface area contributed by atoms with Crippen LogP contribution in [0.2, 0.25) is 5.02 Å². The fourth-order valence-electron chi connectivity index (χ4n) is 1.54. The van der Waals surface area contributed by atoms with Crippen LogP contribution in [-0.2, 0) is 6.61 Å². The Morgan fingerprint density at radius 2 is 1.82 bits per heavy atom. The molecule has 0 saturated heterocycles.